The fourth-order valence-corrected chi connectivity index (χ4v) is 5.35. The van der Waals surface area contributed by atoms with Crippen LogP contribution in [0.3, 0.4) is 0 Å². The van der Waals surface area contributed by atoms with E-state index in [1.807, 2.05) is 42.6 Å². The molecule has 0 amide bonds. The predicted molar refractivity (Wildman–Crippen MR) is 125 cm³/mol. The number of rotatable bonds is 8. The second kappa shape index (κ2) is 9.33. The number of β-amino-alcohol motifs (C(OH)–C–C–N with tert-alkyl or cyclic N) is 1. The van der Waals surface area contributed by atoms with E-state index in [-0.39, 0.29) is 12.0 Å². The van der Waals surface area contributed by atoms with Gasteiger partial charge in [-0.05, 0) is 61.2 Å². The molecule has 0 saturated carbocycles. The van der Waals surface area contributed by atoms with Gasteiger partial charge in [-0.3, -0.25) is 0 Å². The van der Waals surface area contributed by atoms with Gasteiger partial charge in [-0.2, -0.15) is 0 Å². The van der Waals surface area contributed by atoms with Crippen molar-refractivity contribution in [3.63, 3.8) is 0 Å². The third-order valence-electron chi connectivity index (χ3n) is 6.92. The number of aliphatic hydroxyl groups excluding tert-OH is 1. The summed E-state index contributed by atoms with van der Waals surface area (Å²) in [6.45, 7) is 7.29. The molecule has 3 N–H and O–H groups in total. The first-order chi connectivity index (χ1) is 15.0. The molecule has 0 unspecified atom stereocenters. The highest BCUT2D eigenvalue weighted by Gasteiger charge is 2.41. The summed E-state index contributed by atoms with van der Waals surface area (Å²) in [5.74, 6) is 1.58. The maximum Gasteiger partial charge on any atom is 0.128 e. The first-order valence-corrected chi connectivity index (χ1v) is 11.4. The summed E-state index contributed by atoms with van der Waals surface area (Å²) in [7, 11) is 0. The molecule has 31 heavy (non-hydrogen) atoms. The van der Waals surface area contributed by atoms with E-state index in [9.17, 15) is 10.2 Å². The quantitative estimate of drug-likeness (QED) is 0.492. The Labute approximate surface area is 184 Å². The third-order valence-corrected chi connectivity index (χ3v) is 6.92. The number of hydrogen-bond acceptors (Lipinski definition) is 4. The summed E-state index contributed by atoms with van der Waals surface area (Å²) in [6.07, 6.45) is 4.61. The molecule has 0 aliphatic carbocycles. The summed E-state index contributed by atoms with van der Waals surface area (Å²) in [5, 5.41) is 21.7. The Morgan fingerprint density at radius 1 is 1.23 bits per heavy atom. The van der Waals surface area contributed by atoms with Crippen molar-refractivity contribution >= 4 is 10.9 Å². The fraction of sp³-hybridized carbons (Fsp3) is 0.462. The summed E-state index contributed by atoms with van der Waals surface area (Å²) in [4.78, 5) is 5.54. The average Bonchev–Trinajstić information content (AvgIpc) is 3.24. The second-order valence-electron chi connectivity index (χ2n) is 9.03. The number of hydrogen-bond donors (Lipinski definition) is 3. The molecule has 0 bridgehead atoms. The highest BCUT2D eigenvalue weighted by molar-refractivity contribution is 5.85. The molecule has 3 aromatic rings. The summed E-state index contributed by atoms with van der Waals surface area (Å²) in [5.41, 5.74) is 2.36. The number of H-pyrrole nitrogens is 1. The van der Waals surface area contributed by atoms with Gasteiger partial charge >= 0.3 is 0 Å². The summed E-state index contributed by atoms with van der Waals surface area (Å²) < 4.78 is 5.95. The fourth-order valence-electron chi connectivity index (χ4n) is 5.35. The number of aromatic hydroxyl groups is 1. The van der Waals surface area contributed by atoms with Gasteiger partial charge in [0.1, 0.15) is 24.2 Å². The Hall–Kier alpha value is -2.50. The van der Waals surface area contributed by atoms with Gasteiger partial charge in [0, 0.05) is 35.6 Å². The van der Waals surface area contributed by atoms with Crippen LogP contribution in [0.15, 0.2) is 54.7 Å². The molecule has 0 radical (unpaired) electrons. The Bertz CT molecular complexity index is 1000. The van der Waals surface area contributed by atoms with Crippen LogP contribution in [0.5, 0.6) is 11.5 Å². The Balaban J connectivity index is 1.37. The van der Waals surface area contributed by atoms with E-state index in [0.717, 1.165) is 49.0 Å². The molecule has 1 saturated heterocycles. The van der Waals surface area contributed by atoms with Gasteiger partial charge in [-0.25, -0.2) is 0 Å². The van der Waals surface area contributed by atoms with Crippen LogP contribution in [-0.4, -0.2) is 52.4 Å². The summed E-state index contributed by atoms with van der Waals surface area (Å²) >= 11 is 0. The number of nitrogens with one attached hydrogen (secondary N) is 1. The van der Waals surface area contributed by atoms with Crippen molar-refractivity contribution in [1.29, 1.82) is 0 Å². The number of phenols is 1. The molecule has 166 valence electrons. The van der Waals surface area contributed by atoms with Crippen LogP contribution in [0.4, 0.5) is 0 Å². The normalized spacial score (nSPS) is 23.1. The van der Waals surface area contributed by atoms with E-state index < -0.39 is 6.10 Å². The van der Waals surface area contributed by atoms with Crippen molar-refractivity contribution < 1.29 is 14.9 Å². The number of likely N-dealkylation sites (tertiary alicyclic amines) is 1. The first-order valence-electron chi connectivity index (χ1n) is 11.4. The van der Waals surface area contributed by atoms with E-state index in [4.69, 9.17) is 4.74 Å². The van der Waals surface area contributed by atoms with E-state index in [0.29, 0.717) is 18.2 Å². The Morgan fingerprint density at radius 3 is 2.84 bits per heavy atom. The number of aromatic amines is 1. The maximum absolute atomic E-state index is 10.7. The number of ether oxygens (including phenoxy) is 1. The highest BCUT2D eigenvalue weighted by atomic mass is 16.5. The molecule has 0 spiro atoms. The van der Waals surface area contributed by atoms with Crippen molar-refractivity contribution in [2.24, 2.45) is 5.92 Å². The van der Waals surface area contributed by atoms with Gasteiger partial charge in [0.05, 0.1) is 0 Å². The molecule has 1 aliphatic rings. The largest absolute Gasteiger partial charge is 0.508 e. The SMILES string of the molecule is CCC[C@]1(c2cccc(O)c2)CCN(C[C@H](O)COc2cccc3[nH]ccc23)C[C@@H]1C. The lowest BCUT2D eigenvalue weighted by molar-refractivity contribution is 0.0302. The van der Waals surface area contributed by atoms with Gasteiger partial charge in [0.25, 0.3) is 0 Å². The van der Waals surface area contributed by atoms with Crippen LogP contribution in [0.2, 0.25) is 0 Å². The lowest BCUT2D eigenvalue weighted by Gasteiger charge is -2.48. The molecule has 4 rings (SSSR count). The van der Waals surface area contributed by atoms with Crippen LogP contribution in [0, 0.1) is 5.92 Å². The van der Waals surface area contributed by atoms with Gasteiger partial charge in [0.2, 0.25) is 0 Å². The highest BCUT2D eigenvalue weighted by Crippen LogP contribution is 2.44. The van der Waals surface area contributed by atoms with Crippen molar-refractivity contribution in [3.8, 4) is 11.5 Å². The number of benzene rings is 2. The van der Waals surface area contributed by atoms with Crippen molar-refractivity contribution in [3.05, 3.63) is 60.3 Å². The Kier molecular flexibility index (Phi) is 6.54. The molecule has 5 nitrogen and oxygen atoms in total. The lowest BCUT2D eigenvalue weighted by atomic mass is 9.64. The van der Waals surface area contributed by atoms with E-state index in [1.165, 1.54) is 5.56 Å². The molecule has 1 aromatic heterocycles. The number of aliphatic hydroxyl groups is 1. The zero-order chi connectivity index (χ0) is 21.8. The van der Waals surface area contributed by atoms with Gasteiger partial charge in [-0.1, -0.05) is 38.5 Å². The molecule has 5 heteroatoms. The molecule has 3 atom stereocenters. The number of phenolic OH excluding ortho intramolecular Hbond substituents is 1. The molecule has 2 aromatic carbocycles. The zero-order valence-corrected chi connectivity index (χ0v) is 18.6. The standard InChI is InChI=1S/C26H34N2O3/c1-3-11-26(20-6-4-7-21(29)15-20)12-14-28(16-19(26)2)17-22(30)18-31-25-9-5-8-24-23(25)10-13-27-24/h4-10,13,15,19,22,27,29-30H,3,11-12,14,16-18H2,1-2H3/t19-,22-,26-/m0/s1. The van der Waals surface area contributed by atoms with Crippen LogP contribution >= 0.6 is 0 Å². The van der Waals surface area contributed by atoms with Crippen molar-refractivity contribution in [2.75, 3.05) is 26.2 Å². The first kappa shape index (κ1) is 21.7. The molecule has 1 aliphatic heterocycles. The average molecular weight is 423 g/mol. The Morgan fingerprint density at radius 2 is 2.06 bits per heavy atom. The lowest BCUT2D eigenvalue weighted by Crippen LogP contribution is -2.51. The van der Waals surface area contributed by atoms with Crippen molar-refractivity contribution in [1.82, 2.24) is 9.88 Å². The third kappa shape index (κ3) is 4.58. The van der Waals surface area contributed by atoms with Gasteiger partial charge in [0.15, 0.2) is 0 Å². The maximum atomic E-state index is 10.7. The van der Waals surface area contributed by atoms with E-state index >= 15 is 0 Å². The number of piperidine rings is 1. The van der Waals surface area contributed by atoms with E-state index in [2.05, 4.69) is 29.8 Å². The van der Waals surface area contributed by atoms with Crippen LogP contribution in [-0.2, 0) is 5.41 Å². The minimum atomic E-state index is -0.541. The molecule has 2 heterocycles. The predicted octanol–water partition coefficient (Wildman–Crippen LogP) is 4.69. The van der Waals surface area contributed by atoms with E-state index in [1.54, 1.807) is 6.07 Å². The number of aromatic nitrogens is 1. The monoisotopic (exact) mass is 422 g/mol. The molecule has 1 fully saturated rings. The molecular weight excluding hydrogens is 388 g/mol. The number of nitrogens with zero attached hydrogens (tertiary/aromatic N) is 1. The minimum Gasteiger partial charge on any atom is -0.508 e. The zero-order valence-electron chi connectivity index (χ0n) is 18.6. The van der Waals surface area contributed by atoms with Crippen LogP contribution in [0.1, 0.15) is 38.7 Å². The summed E-state index contributed by atoms with van der Waals surface area (Å²) in [6, 6.07) is 15.7. The smallest absolute Gasteiger partial charge is 0.128 e. The minimum absolute atomic E-state index is 0.0787. The van der Waals surface area contributed by atoms with Crippen molar-refractivity contribution in [2.45, 2.75) is 44.6 Å². The second-order valence-corrected chi connectivity index (χ2v) is 9.03. The number of fused-ring (bicyclic) bond motifs is 1. The van der Waals surface area contributed by atoms with Gasteiger partial charge in [-0.15, -0.1) is 0 Å². The van der Waals surface area contributed by atoms with Crippen LogP contribution < -0.4 is 4.74 Å². The van der Waals surface area contributed by atoms with Crippen LogP contribution in [0.25, 0.3) is 10.9 Å². The van der Waals surface area contributed by atoms with Gasteiger partial charge < -0.3 is 24.8 Å². The topological polar surface area (TPSA) is 68.7 Å². The molecular formula is C26H34N2O3.